The van der Waals surface area contributed by atoms with Crippen LogP contribution in [0.2, 0.25) is 0 Å². The number of piperidine rings is 1. The molecular weight excluding hydrogens is 361 g/mol. The minimum atomic E-state index is -0.397. The third-order valence-electron chi connectivity index (χ3n) is 5.53. The summed E-state index contributed by atoms with van der Waals surface area (Å²) in [6, 6.07) is 8.10. The van der Waals surface area contributed by atoms with Gasteiger partial charge in [0.2, 0.25) is 0 Å². The molecule has 2 N–H and O–H groups in total. The van der Waals surface area contributed by atoms with Gasteiger partial charge in [0.1, 0.15) is 18.2 Å². The number of aliphatic hydroxyl groups excluding tert-OH is 1. The van der Waals surface area contributed by atoms with Crippen molar-refractivity contribution in [1.82, 2.24) is 9.88 Å². The van der Waals surface area contributed by atoms with Gasteiger partial charge in [-0.05, 0) is 43.2 Å². The van der Waals surface area contributed by atoms with Crippen LogP contribution in [-0.2, 0) is 22.7 Å². The molecule has 0 saturated carbocycles. The monoisotopic (exact) mass is 381 g/mol. The maximum Gasteiger partial charge on any atom is 0.260 e. The molecule has 3 aliphatic rings. The van der Waals surface area contributed by atoms with Gasteiger partial charge in [-0.25, -0.2) is 4.39 Å². The van der Waals surface area contributed by atoms with Crippen LogP contribution < -0.4 is 5.32 Å². The molecule has 0 bridgehead atoms. The summed E-state index contributed by atoms with van der Waals surface area (Å²) in [6.07, 6.45) is 1.38. The van der Waals surface area contributed by atoms with Gasteiger partial charge in [-0.1, -0.05) is 0 Å². The zero-order valence-corrected chi connectivity index (χ0v) is 15.2. The number of rotatable bonds is 2. The molecule has 1 aromatic carbocycles. The molecule has 4 heterocycles. The summed E-state index contributed by atoms with van der Waals surface area (Å²) in [6.45, 7) is 2.72. The molecule has 7 heteroatoms. The number of likely N-dealkylation sites (tertiary alicyclic amines) is 1. The first kappa shape index (κ1) is 17.3. The van der Waals surface area contributed by atoms with Crippen molar-refractivity contribution in [1.29, 1.82) is 0 Å². The van der Waals surface area contributed by atoms with Gasteiger partial charge >= 0.3 is 0 Å². The largest absolute Gasteiger partial charge is 0.486 e. The maximum atomic E-state index is 13.7. The van der Waals surface area contributed by atoms with Crippen LogP contribution in [0.15, 0.2) is 30.3 Å². The van der Waals surface area contributed by atoms with E-state index in [4.69, 9.17) is 9.72 Å². The highest BCUT2D eigenvalue weighted by Crippen LogP contribution is 2.41. The van der Waals surface area contributed by atoms with Crippen molar-refractivity contribution in [3.05, 3.63) is 58.7 Å². The van der Waals surface area contributed by atoms with Crippen molar-refractivity contribution in [2.75, 3.05) is 18.4 Å². The summed E-state index contributed by atoms with van der Waals surface area (Å²) in [7, 11) is 0. The number of aliphatic hydroxyl groups is 1. The lowest BCUT2D eigenvalue weighted by molar-refractivity contribution is -0.110. The smallest absolute Gasteiger partial charge is 0.260 e. The second-order valence-corrected chi connectivity index (χ2v) is 7.44. The van der Waals surface area contributed by atoms with Crippen LogP contribution in [0.1, 0.15) is 35.4 Å². The molecular formula is C21H20FN3O3. The zero-order chi connectivity index (χ0) is 19.3. The average Bonchev–Trinajstić information content (AvgIpc) is 3.22. The first-order valence-electron chi connectivity index (χ1n) is 9.46. The SMILES string of the molecule is O=C1Nc2ccc(F)cc2/C1=C1/OCc2nc(CN3CCC(O)CC3)ccc21. The molecule has 28 heavy (non-hydrogen) atoms. The number of amides is 1. The van der Waals surface area contributed by atoms with E-state index in [9.17, 15) is 14.3 Å². The van der Waals surface area contributed by atoms with Crippen LogP contribution >= 0.6 is 0 Å². The summed E-state index contributed by atoms with van der Waals surface area (Å²) in [4.78, 5) is 19.5. The second kappa shape index (κ2) is 6.68. The second-order valence-electron chi connectivity index (χ2n) is 7.44. The van der Waals surface area contributed by atoms with Crippen LogP contribution in [0, 0.1) is 5.82 Å². The number of benzene rings is 1. The van der Waals surface area contributed by atoms with Gasteiger partial charge in [0.25, 0.3) is 5.91 Å². The van der Waals surface area contributed by atoms with Gasteiger partial charge in [0, 0.05) is 36.4 Å². The van der Waals surface area contributed by atoms with Crippen molar-refractivity contribution in [2.45, 2.75) is 32.1 Å². The fourth-order valence-electron chi connectivity index (χ4n) is 4.05. The Balaban J connectivity index is 1.45. The lowest BCUT2D eigenvalue weighted by Crippen LogP contribution is -2.35. The number of carbonyl (C=O) groups excluding carboxylic acids is 1. The lowest BCUT2D eigenvalue weighted by Gasteiger charge is -2.29. The number of halogens is 1. The molecule has 5 rings (SSSR count). The Bertz CT molecular complexity index is 996. The summed E-state index contributed by atoms with van der Waals surface area (Å²) < 4.78 is 19.5. The fourth-order valence-corrected chi connectivity index (χ4v) is 4.05. The van der Waals surface area contributed by atoms with Gasteiger partial charge in [-0.3, -0.25) is 14.7 Å². The van der Waals surface area contributed by atoms with Crippen LogP contribution in [-0.4, -0.2) is 40.1 Å². The highest BCUT2D eigenvalue weighted by atomic mass is 19.1. The van der Waals surface area contributed by atoms with Gasteiger partial charge in [0.05, 0.1) is 23.1 Å². The molecule has 0 aliphatic carbocycles. The predicted octanol–water partition coefficient (Wildman–Crippen LogP) is 2.53. The van der Waals surface area contributed by atoms with Crippen LogP contribution in [0.25, 0.3) is 11.3 Å². The van der Waals surface area contributed by atoms with E-state index in [0.717, 1.165) is 49.4 Å². The Morgan fingerprint density at radius 3 is 2.86 bits per heavy atom. The summed E-state index contributed by atoms with van der Waals surface area (Å²) >= 11 is 0. The first-order valence-corrected chi connectivity index (χ1v) is 9.46. The highest BCUT2D eigenvalue weighted by molar-refractivity contribution is 6.36. The van der Waals surface area contributed by atoms with E-state index in [1.165, 1.54) is 12.1 Å². The Labute approximate surface area is 161 Å². The average molecular weight is 381 g/mol. The number of pyridine rings is 1. The fraction of sp³-hybridized carbons (Fsp3) is 0.333. The van der Waals surface area contributed by atoms with E-state index in [1.807, 2.05) is 12.1 Å². The minimum Gasteiger partial charge on any atom is -0.486 e. The zero-order valence-electron chi connectivity index (χ0n) is 15.2. The lowest BCUT2D eigenvalue weighted by atomic mass is 10.0. The summed E-state index contributed by atoms with van der Waals surface area (Å²) in [5.74, 6) is -0.233. The van der Waals surface area contributed by atoms with Gasteiger partial charge in [0.15, 0.2) is 0 Å². The molecule has 1 saturated heterocycles. The van der Waals surface area contributed by atoms with E-state index in [2.05, 4.69) is 10.2 Å². The molecule has 0 unspecified atom stereocenters. The Kier molecular flexibility index (Phi) is 4.14. The van der Waals surface area contributed by atoms with Crippen molar-refractivity contribution in [2.24, 2.45) is 0 Å². The van der Waals surface area contributed by atoms with Crippen molar-refractivity contribution in [3.63, 3.8) is 0 Å². The number of anilines is 1. The Morgan fingerprint density at radius 2 is 2.04 bits per heavy atom. The molecule has 0 atom stereocenters. The highest BCUT2D eigenvalue weighted by Gasteiger charge is 2.33. The number of hydrogen-bond acceptors (Lipinski definition) is 5. The third kappa shape index (κ3) is 2.96. The Morgan fingerprint density at radius 1 is 1.21 bits per heavy atom. The van der Waals surface area contributed by atoms with Crippen LogP contribution in [0.3, 0.4) is 0 Å². The Hall–Kier alpha value is -2.77. The van der Waals surface area contributed by atoms with Gasteiger partial charge in [-0.15, -0.1) is 0 Å². The number of ether oxygens (including phenoxy) is 1. The maximum absolute atomic E-state index is 13.7. The van der Waals surface area contributed by atoms with Crippen LogP contribution in [0.4, 0.5) is 10.1 Å². The van der Waals surface area contributed by atoms with Crippen molar-refractivity contribution < 1.29 is 19.0 Å². The van der Waals surface area contributed by atoms with E-state index < -0.39 is 5.82 Å². The first-order chi connectivity index (χ1) is 13.6. The number of nitrogens with zero attached hydrogens (tertiary/aromatic N) is 2. The van der Waals surface area contributed by atoms with Gasteiger partial charge < -0.3 is 15.2 Å². The van der Waals surface area contributed by atoms with Crippen LogP contribution in [0.5, 0.6) is 0 Å². The number of hydrogen-bond donors (Lipinski definition) is 2. The van der Waals surface area contributed by atoms with E-state index in [0.29, 0.717) is 29.2 Å². The summed E-state index contributed by atoms with van der Waals surface area (Å²) in [5.41, 5.74) is 3.96. The number of carbonyl (C=O) groups is 1. The topological polar surface area (TPSA) is 74.7 Å². The molecule has 2 aromatic rings. The molecule has 1 aromatic heterocycles. The number of aromatic nitrogens is 1. The predicted molar refractivity (Wildman–Crippen MR) is 101 cm³/mol. The quantitative estimate of drug-likeness (QED) is 0.782. The normalized spacial score (nSPS) is 22.0. The van der Waals surface area contributed by atoms with Crippen molar-refractivity contribution >= 4 is 22.9 Å². The standard InChI is InChI=1S/C21H20FN3O3/c22-12-1-4-17-16(9-12)19(21(27)24-17)20-15-3-2-13(23-18(15)11-28-20)10-25-7-5-14(26)6-8-25/h1-4,9,14,26H,5-8,10-11H2,(H,24,27)/b20-19-. The molecule has 1 fully saturated rings. The van der Waals surface area contributed by atoms with E-state index in [1.54, 1.807) is 6.07 Å². The van der Waals surface area contributed by atoms with Crippen molar-refractivity contribution in [3.8, 4) is 0 Å². The van der Waals surface area contributed by atoms with E-state index >= 15 is 0 Å². The van der Waals surface area contributed by atoms with Gasteiger partial charge in [-0.2, -0.15) is 0 Å². The molecule has 6 nitrogen and oxygen atoms in total. The molecule has 3 aliphatic heterocycles. The molecule has 0 spiro atoms. The minimum absolute atomic E-state index is 0.197. The number of fused-ring (bicyclic) bond motifs is 2. The molecule has 0 radical (unpaired) electrons. The van der Waals surface area contributed by atoms with E-state index in [-0.39, 0.29) is 12.0 Å². The molecule has 1 amide bonds. The molecule has 144 valence electrons. The summed E-state index contributed by atoms with van der Waals surface area (Å²) in [5, 5.41) is 12.4. The number of nitrogens with one attached hydrogen (secondary N) is 1. The third-order valence-corrected chi connectivity index (χ3v) is 5.53.